The van der Waals surface area contributed by atoms with Gasteiger partial charge >= 0.3 is 12.1 Å². The molecule has 2 unspecified atom stereocenters. The average molecular weight is 764 g/mol. The molecule has 1 fully saturated rings. The molecule has 5 rings (SSSR count). The van der Waals surface area contributed by atoms with Gasteiger partial charge in [0.2, 0.25) is 12.3 Å². The van der Waals surface area contributed by atoms with Crippen LogP contribution in [0, 0.1) is 25.5 Å². The summed E-state index contributed by atoms with van der Waals surface area (Å²) < 4.78 is 94.4. The molecular weight excluding hydrogens is 728 g/mol. The van der Waals surface area contributed by atoms with Crippen LogP contribution in [0.3, 0.4) is 0 Å². The predicted octanol–water partition coefficient (Wildman–Crippen LogP) is 8.06. The summed E-state index contributed by atoms with van der Waals surface area (Å²) in [6.45, 7) is 4.07. The van der Waals surface area contributed by atoms with Crippen molar-refractivity contribution in [1.29, 1.82) is 0 Å². The molecular formula is C38H36ClF6N3O5. The Balaban J connectivity index is 1.72. The normalized spacial score (nSPS) is 18.6. The highest BCUT2D eigenvalue weighted by Gasteiger charge is 2.38. The van der Waals surface area contributed by atoms with E-state index in [2.05, 4.69) is 5.32 Å². The fraction of sp³-hybridized carbons (Fsp3) is 0.342. The molecule has 282 valence electrons. The maximum Gasteiger partial charge on any atom is 0.416 e. The Hall–Kier alpha value is -4.82. The zero-order chi connectivity index (χ0) is 38.8. The van der Waals surface area contributed by atoms with Crippen LogP contribution in [0.4, 0.5) is 26.3 Å². The number of carbonyl (C=O) groups excluding carboxylic acids is 2. The lowest BCUT2D eigenvalue weighted by molar-refractivity contribution is -0.138. The van der Waals surface area contributed by atoms with Gasteiger partial charge in [-0.05, 0) is 91.4 Å². The second-order valence-corrected chi connectivity index (χ2v) is 13.4. The van der Waals surface area contributed by atoms with Crippen LogP contribution in [0.1, 0.15) is 59.7 Å². The van der Waals surface area contributed by atoms with E-state index in [9.17, 15) is 37.1 Å². The Morgan fingerprint density at radius 2 is 1.81 bits per heavy atom. The molecule has 2 aliphatic rings. The van der Waals surface area contributed by atoms with Gasteiger partial charge in [-0.3, -0.25) is 19.3 Å². The number of benzene rings is 3. The molecule has 8 nitrogen and oxygen atoms in total. The van der Waals surface area contributed by atoms with E-state index in [0.29, 0.717) is 26.6 Å². The summed E-state index contributed by atoms with van der Waals surface area (Å²) in [6, 6.07) is 5.93. The third-order valence-corrected chi connectivity index (χ3v) is 9.40. The van der Waals surface area contributed by atoms with Crippen molar-refractivity contribution in [2.45, 2.75) is 64.7 Å². The summed E-state index contributed by atoms with van der Waals surface area (Å²) in [6.07, 6.45) is -5.65. The number of nitrogens with zero attached hydrogens (tertiary/aromatic N) is 2. The number of rotatable bonds is 9. The van der Waals surface area contributed by atoms with E-state index in [1.165, 1.54) is 37.3 Å². The fourth-order valence-electron chi connectivity index (χ4n) is 6.66. The minimum Gasteiger partial charge on any atom is -0.488 e. The minimum absolute atomic E-state index is 0.00538. The van der Waals surface area contributed by atoms with Crippen LogP contribution in [0.25, 0.3) is 11.1 Å². The highest BCUT2D eigenvalue weighted by Crippen LogP contribution is 2.40. The SMILES string of the molecule is C/C=C(\C(=C/N(C=O)C1C(=O)NC(CC(=O)O)c2cc(cc(C)c2F)-c2c(C)cc(Cl)cc2OCc2ccc(F)c1c2)CCN1CC(F)C1)C(F)(F)F. The molecule has 0 aliphatic carbocycles. The number of fused-ring (bicyclic) bond motifs is 6. The van der Waals surface area contributed by atoms with Crippen molar-refractivity contribution in [2.24, 2.45) is 0 Å². The Bertz CT molecular complexity index is 1980. The van der Waals surface area contributed by atoms with E-state index in [0.717, 1.165) is 25.3 Å². The number of carboxylic acid groups (broad SMARTS) is 1. The van der Waals surface area contributed by atoms with Crippen LogP contribution >= 0.6 is 11.6 Å². The first kappa shape index (κ1) is 39.4. The van der Waals surface area contributed by atoms with E-state index >= 15 is 8.78 Å². The van der Waals surface area contributed by atoms with Gasteiger partial charge in [0.05, 0.1) is 18.0 Å². The monoisotopic (exact) mass is 763 g/mol. The van der Waals surface area contributed by atoms with Gasteiger partial charge in [0.15, 0.2) is 0 Å². The molecule has 2 aliphatic heterocycles. The fourth-order valence-corrected chi connectivity index (χ4v) is 6.92. The molecule has 1 saturated heterocycles. The van der Waals surface area contributed by atoms with E-state index in [1.807, 2.05) is 0 Å². The standard InChI is InChI=1S/C38H36ClF6N3O5/c1-4-29(38(43,44)45)23(7-8-47-16-26(40)17-47)15-48(19-49)36-27-11-22(5-6-30(27)41)18-53-32-13-25(39)10-20(2)34(32)24-9-21(3)35(42)28(12-24)31(14-33(50)51)46-37(36)52/h4-6,9-13,15,19,26,31,36H,7-8,14,16-18H2,1-3H3,(H,46,52)(H,50,51)/b23-15-,29-4+. The lowest BCUT2D eigenvalue weighted by atomic mass is 9.91. The van der Waals surface area contributed by atoms with Gasteiger partial charge in [-0.25, -0.2) is 13.2 Å². The van der Waals surface area contributed by atoms with Crippen molar-refractivity contribution in [3.8, 4) is 16.9 Å². The molecule has 53 heavy (non-hydrogen) atoms. The third kappa shape index (κ3) is 8.87. The van der Waals surface area contributed by atoms with Crippen LogP contribution < -0.4 is 10.1 Å². The van der Waals surface area contributed by atoms with Crippen LogP contribution in [-0.2, 0) is 21.0 Å². The van der Waals surface area contributed by atoms with Crippen LogP contribution in [-0.4, -0.2) is 65.2 Å². The quantitative estimate of drug-likeness (QED) is 0.130. The largest absolute Gasteiger partial charge is 0.488 e. The molecule has 3 aromatic carbocycles. The summed E-state index contributed by atoms with van der Waals surface area (Å²) in [5.74, 6) is -4.30. The van der Waals surface area contributed by atoms with Gasteiger partial charge in [-0.1, -0.05) is 23.7 Å². The smallest absolute Gasteiger partial charge is 0.416 e. The summed E-state index contributed by atoms with van der Waals surface area (Å²) >= 11 is 6.37. The first-order valence-electron chi connectivity index (χ1n) is 16.6. The van der Waals surface area contributed by atoms with E-state index in [1.54, 1.807) is 17.9 Å². The van der Waals surface area contributed by atoms with Gasteiger partial charge in [0.25, 0.3) is 0 Å². The molecule has 2 amide bonds. The highest BCUT2D eigenvalue weighted by molar-refractivity contribution is 6.31. The Kier molecular flexibility index (Phi) is 11.9. The predicted molar refractivity (Wildman–Crippen MR) is 185 cm³/mol. The van der Waals surface area contributed by atoms with Gasteiger partial charge in [-0.15, -0.1) is 0 Å². The molecule has 3 aromatic rings. The highest BCUT2D eigenvalue weighted by atomic mass is 35.5. The number of carbonyl (C=O) groups is 3. The van der Waals surface area contributed by atoms with Crippen molar-refractivity contribution in [3.05, 3.63) is 110 Å². The third-order valence-electron chi connectivity index (χ3n) is 9.18. The number of aryl methyl sites for hydroxylation is 2. The van der Waals surface area contributed by atoms with E-state index < -0.39 is 71.1 Å². The summed E-state index contributed by atoms with van der Waals surface area (Å²) in [5, 5.41) is 12.6. The average Bonchev–Trinajstić information content (AvgIpc) is 3.05. The maximum absolute atomic E-state index is 16.0. The maximum atomic E-state index is 16.0. The number of allylic oxidation sites excluding steroid dienone is 2. The van der Waals surface area contributed by atoms with Gasteiger partial charge in [0, 0.05) is 47.5 Å². The summed E-state index contributed by atoms with van der Waals surface area (Å²) in [4.78, 5) is 41.4. The molecule has 0 radical (unpaired) electrons. The first-order valence-corrected chi connectivity index (χ1v) is 17.0. The van der Waals surface area contributed by atoms with Crippen molar-refractivity contribution in [1.82, 2.24) is 15.1 Å². The number of hydrogen-bond donors (Lipinski definition) is 2. The lowest BCUT2D eigenvalue weighted by Gasteiger charge is -2.35. The molecule has 15 heteroatoms. The molecule has 0 saturated carbocycles. The number of carboxylic acids is 1. The Labute approximate surface area is 306 Å². The Morgan fingerprint density at radius 1 is 1.09 bits per heavy atom. The van der Waals surface area contributed by atoms with Crippen molar-refractivity contribution in [3.63, 3.8) is 0 Å². The number of hydrogen-bond acceptors (Lipinski definition) is 5. The second kappa shape index (κ2) is 16.0. The molecule has 4 bridgehead atoms. The van der Waals surface area contributed by atoms with Crippen molar-refractivity contribution in [2.75, 3.05) is 19.6 Å². The zero-order valence-corrected chi connectivity index (χ0v) is 29.6. The number of halogens is 7. The molecule has 2 atom stereocenters. The van der Waals surface area contributed by atoms with Gasteiger partial charge in [-0.2, -0.15) is 13.2 Å². The molecule has 2 N–H and O–H groups in total. The number of aliphatic carboxylic acids is 1. The second-order valence-electron chi connectivity index (χ2n) is 13.0. The lowest BCUT2D eigenvalue weighted by Crippen LogP contribution is -2.48. The summed E-state index contributed by atoms with van der Waals surface area (Å²) in [5.41, 5.74) is -0.448. The van der Waals surface area contributed by atoms with Crippen LogP contribution in [0.5, 0.6) is 5.75 Å². The summed E-state index contributed by atoms with van der Waals surface area (Å²) in [7, 11) is 0. The number of alkyl halides is 4. The zero-order valence-electron chi connectivity index (χ0n) is 28.9. The van der Waals surface area contributed by atoms with Crippen molar-refractivity contribution < 1.29 is 50.6 Å². The van der Waals surface area contributed by atoms with Crippen LogP contribution in [0.2, 0.25) is 5.02 Å². The topological polar surface area (TPSA) is 99.2 Å². The first-order chi connectivity index (χ1) is 25.0. The van der Waals surface area contributed by atoms with Gasteiger partial charge < -0.3 is 20.1 Å². The number of ether oxygens (including phenoxy) is 1. The van der Waals surface area contributed by atoms with Gasteiger partial charge in [0.1, 0.15) is 36.2 Å². The molecule has 2 heterocycles. The van der Waals surface area contributed by atoms with E-state index in [4.69, 9.17) is 16.3 Å². The molecule has 0 spiro atoms. The minimum atomic E-state index is -4.91. The van der Waals surface area contributed by atoms with E-state index in [-0.39, 0.29) is 61.5 Å². The Morgan fingerprint density at radius 3 is 2.43 bits per heavy atom. The molecule has 0 aromatic heterocycles. The van der Waals surface area contributed by atoms with Crippen LogP contribution in [0.15, 0.2) is 65.9 Å². The number of likely N-dealkylation sites (tertiary alicyclic amines) is 1. The number of nitrogens with one attached hydrogen (secondary N) is 1. The number of amides is 2. The van der Waals surface area contributed by atoms with Crippen molar-refractivity contribution >= 4 is 29.9 Å².